The predicted octanol–water partition coefficient (Wildman–Crippen LogP) is 3.69. The number of aromatic nitrogens is 4. The summed E-state index contributed by atoms with van der Waals surface area (Å²) in [7, 11) is 3.30. The molecule has 204 valence electrons. The Morgan fingerprint density at radius 2 is 1.89 bits per heavy atom. The van der Waals surface area contributed by atoms with E-state index in [2.05, 4.69) is 61.0 Å². The minimum Gasteiger partial charge on any atom is -0.496 e. The second kappa shape index (κ2) is 12.2. The molecule has 0 aliphatic rings. The molecule has 0 radical (unpaired) electrons. The van der Waals surface area contributed by atoms with Crippen LogP contribution in [0.4, 0.5) is 5.00 Å². The van der Waals surface area contributed by atoms with Gasteiger partial charge >= 0.3 is 0 Å². The van der Waals surface area contributed by atoms with Gasteiger partial charge in [-0.1, -0.05) is 26.8 Å². The van der Waals surface area contributed by atoms with Gasteiger partial charge in [-0.25, -0.2) is 0 Å². The smallest absolute Gasteiger partial charge is 0.189 e. The van der Waals surface area contributed by atoms with Crippen LogP contribution in [0.1, 0.15) is 43.8 Å². The molecule has 0 amide bonds. The van der Waals surface area contributed by atoms with Crippen molar-refractivity contribution in [3.63, 3.8) is 0 Å². The van der Waals surface area contributed by atoms with Gasteiger partial charge in [0, 0.05) is 35.7 Å². The summed E-state index contributed by atoms with van der Waals surface area (Å²) in [5, 5.41) is 25.8. The molecule has 4 rings (SSSR count). The number of aliphatic hydroxyl groups is 1. The van der Waals surface area contributed by atoms with Crippen molar-refractivity contribution in [3.05, 3.63) is 51.7 Å². The average molecular weight is 540 g/mol. The summed E-state index contributed by atoms with van der Waals surface area (Å²) in [5.41, 5.74) is 2.92. The zero-order valence-electron chi connectivity index (χ0n) is 23.0. The Morgan fingerprint density at radius 1 is 1.08 bits per heavy atom. The van der Waals surface area contributed by atoms with Crippen LogP contribution < -0.4 is 14.9 Å². The van der Waals surface area contributed by atoms with E-state index < -0.39 is 0 Å². The van der Waals surface area contributed by atoms with E-state index in [1.54, 1.807) is 30.1 Å². The lowest BCUT2D eigenvalue weighted by Gasteiger charge is -2.20. The number of nitrogens with zero attached hydrogens (tertiary/aromatic N) is 5. The number of ether oxygens (including phenoxy) is 3. The fourth-order valence-corrected chi connectivity index (χ4v) is 5.30. The maximum Gasteiger partial charge on any atom is 0.189 e. The van der Waals surface area contributed by atoms with Crippen molar-refractivity contribution < 1.29 is 19.3 Å². The lowest BCUT2D eigenvalue weighted by Crippen LogP contribution is -2.26. The number of anilines is 1. The van der Waals surface area contributed by atoms with Gasteiger partial charge in [-0.15, -0.1) is 21.5 Å². The number of rotatable bonds is 12. The van der Waals surface area contributed by atoms with Crippen LogP contribution in [0, 0.1) is 0 Å². The molecule has 4 aromatic rings. The van der Waals surface area contributed by atoms with E-state index in [9.17, 15) is 5.11 Å². The summed E-state index contributed by atoms with van der Waals surface area (Å²) in [6, 6.07) is 9.82. The normalized spacial score (nSPS) is 12.6. The summed E-state index contributed by atoms with van der Waals surface area (Å²) in [6.07, 6.45) is 2.15. The monoisotopic (exact) mass is 539 g/mol. The highest BCUT2D eigenvalue weighted by molar-refractivity contribution is 7.16. The van der Waals surface area contributed by atoms with Crippen molar-refractivity contribution in [1.82, 2.24) is 19.8 Å². The number of likely N-dealkylation sites (N-methyl/N-ethyl adjacent to an activating group) is 1. The number of fused-ring (bicyclic) bond motifs is 1. The van der Waals surface area contributed by atoms with Crippen molar-refractivity contribution in [1.29, 1.82) is 0 Å². The van der Waals surface area contributed by atoms with Gasteiger partial charge in [0.2, 0.25) is 0 Å². The second-order valence-corrected chi connectivity index (χ2v) is 11.1. The highest BCUT2D eigenvalue weighted by Gasteiger charge is 2.25. The molecule has 0 spiro atoms. The van der Waals surface area contributed by atoms with E-state index in [1.165, 1.54) is 5.00 Å². The van der Waals surface area contributed by atoms with Gasteiger partial charge < -0.3 is 24.2 Å². The van der Waals surface area contributed by atoms with Crippen molar-refractivity contribution in [2.24, 2.45) is 0 Å². The Balaban J connectivity index is 1.73. The maximum absolute atomic E-state index is 9.68. The van der Waals surface area contributed by atoms with E-state index in [-0.39, 0.29) is 12.0 Å². The zero-order valence-corrected chi connectivity index (χ0v) is 23.8. The molecule has 0 fully saturated rings. The standard InChI is InChI=1S/C28H37N5O4S/c1-7-32(12-13-37-15-14-35-5)24-11-9-20(38-24)17-22-25(28(2,3)4)31-33-26(29-30-27(22)33)21-16-19(18-34)8-10-23(21)36-6/h8-11,16-17,34H,7,12-15,18H2,1-6H3/b22-17-. The minimum absolute atomic E-state index is 0.0750. The number of hydrogen-bond acceptors (Lipinski definition) is 9. The van der Waals surface area contributed by atoms with Crippen molar-refractivity contribution >= 4 is 28.1 Å². The van der Waals surface area contributed by atoms with E-state index in [0.29, 0.717) is 37.0 Å². The van der Waals surface area contributed by atoms with Crippen LogP contribution in [0.5, 0.6) is 5.75 Å². The van der Waals surface area contributed by atoms with Crippen LogP contribution in [0.2, 0.25) is 0 Å². The summed E-state index contributed by atoms with van der Waals surface area (Å²) in [6.45, 7) is 12.1. The zero-order chi connectivity index (χ0) is 27.3. The molecule has 0 atom stereocenters. The van der Waals surface area contributed by atoms with Crippen LogP contribution in [0.3, 0.4) is 0 Å². The number of hydrogen-bond donors (Lipinski definition) is 1. The molecule has 1 aromatic carbocycles. The molecule has 10 heteroatoms. The molecule has 0 aliphatic carbocycles. The summed E-state index contributed by atoms with van der Waals surface area (Å²) in [5.74, 6) is 1.23. The molecular formula is C28H37N5O4S. The minimum atomic E-state index is -0.212. The topological polar surface area (TPSA) is 94.2 Å². The Labute approximate surface area is 227 Å². The highest BCUT2D eigenvalue weighted by atomic mass is 32.1. The van der Waals surface area contributed by atoms with Gasteiger partial charge in [-0.3, -0.25) is 0 Å². The van der Waals surface area contributed by atoms with Crippen LogP contribution in [-0.4, -0.2) is 72.0 Å². The summed E-state index contributed by atoms with van der Waals surface area (Å²) < 4.78 is 18.1. The molecular weight excluding hydrogens is 502 g/mol. The number of thiophene rings is 1. The quantitative estimate of drug-likeness (QED) is 0.273. The van der Waals surface area contributed by atoms with Gasteiger partial charge in [-0.05, 0) is 42.8 Å². The molecule has 0 unspecified atom stereocenters. The predicted molar refractivity (Wildman–Crippen MR) is 151 cm³/mol. The van der Waals surface area contributed by atoms with Gasteiger partial charge in [-0.2, -0.15) is 9.61 Å². The average Bonchev–Trinajstić information content (AvgIpc) is 3.62. The summed E-state index contributed by atoms with van der Waals surface area (Å²) >= 11 is 1.73. The molecule has 0 bridgehead atoms. The fraction of sp³-hybridized carbons (Fsp3) is 0.464. The van der Waals surface area contributed by atoms with E-state index in [4.69, 9.17) is 19.3 Å². The van der Waals surface area contributed by atoms with Gasteiger partial charge in [0.1, 0.15) is 5.75 Å². The Kier molecular flexibility index (Phi) is 8.99. The maximum atomic E-state index is 9.68. The van der Waals surface area contributed by atoms with Crippen LogP contribution >= 0.6 is 11.3 Å². The first-order valence-corrected chi connectivity index (χ1v) is 13.6. The second-order valence-electron chi connectivity index (χ2n) is 9.97. The largest absolute Gasteiger partial charge is 0.496 e. The first-order chi connectivity index (χ1) is 18.3. The molecule has 0 saturated heterocycles. The first kappa shape index (κ1) is 28.0. The van der Waals surface area contributed by atoms with Crippen molar-refractivity contribution in [2.45, 2.75) is 39.7 Å². The number of aliphatic hydroxyl groups excluding tert-OH is 1. The van der Waals surface area contributed by atoms with Crippen LogP contribution in [0.15, 0.2) is 30.3 Å². The third kappa shape index (κ3) is 5.99. The first-order valence-electron chi connectivity index (χ1n) is 12.8. The molecule has 3 aromatic heterocycles. The summed E-state index contributed by atoms with van der Waals surface area (Å²) in [4.78, 5) is 3.43. The third-order valence-corrected chi connectivity index (χ3v) is 7.36. The molecule has 38 heavy (non-hydrogen) atoms. The van der Waals surface area contributed by atoms with Crippen LogP contribution in [-0.2, 0) is 21.5 Å². The van der Waals surface area contributed by atoms with Gasteiger partial charge in [0.15, 0.2) is 11.5 Å². The van der Waals surface area contributed by atoms with E-state index >= 15 is 0 Å². The Bertz CT molecular complexity index is 1410. The molecule has 0 saturated carbocycles. The number of methoxy groups -OCH3 is 2. The van der Waals surface area contributed by atoms with Gasteiger partial charge in [0.05, 0.1) is 49.8 Å². The molecule has 9 nitrogen and oxygen atoms in total. The molecule has 1 N–H and O–H groups in total. The van der Waals surface area contributed by atoms with Crippen molar-refractivity contribution in [3.8, 4) is 17.1 Å². The third-order valence-electron chi connectivity index (χ3n) is 6.26. The molecule has 0 aliphatic heterocycles. The van der Waals surface area contributed by atoms with E-state index in [0.717, 1.165) is 40.0 Å². The SMILES string of the molecule is CCN(CCOCCOC)c1ccc(/C=c2/c(C(C)(C)C)nn3c(-c4cc(CO)ccc4OC)nnc23)s1. The lowest BCUT2D eigenvalue weighted by molar-refractivity contribution is 0.0741. The van der Waals surface area contributed by atoms with Gasteiger partial charge in [0.25, 0.3) is 0 Å². The Hall–Kier alpha value is -3.05. The fourth-order valence-electron chi connectivity index (χ4n) is 4.26. The van der Waals surface area contributed by atoms with Crippen LogP contribution in [0.25, 0.3) is 23.1 Å². The van der Waals surface area contributed by atoms with E-state index in [1.807, 2.05) is 18.2 Å². The Morgan fingerprint density at radius 3 is 2.58 bits per heavy atom. The lowest BCUT2D eigenvalue weighted by atomic mass is 9.91. The highest BCUT2D eigenvalue weighted by Crippen LogP contribution is 2.31. The molecule has 3 heterocycles. The number of benzene rings is 1. The van der Waals surface area contributed by atoms with Crippen molar-refractivity contribution in [2.75, 3.05) is 52.0 Å².